The molecule has 10 nitrogen and oxygen atoms in total. The third kappa shape index (κ3) is 12.4. The van der Waals surface area contributed by atoms with Crippen LogP contribution in [0.4, 0.5) is 0 Å². The first-order chi connectivity index (χ1) is 15.0. The SMILES string of the molecule is C1=NCC[NH2+]1.C1=NCC[NH2+]1.Cc1ccc(S(=O)(=O)[O-])cc1.Cc1ccc(S(=O)(=O)[O-])cc1. The Morgan fingerprint density at radius 2 is 0.969 bits per heavy atom. The predicted octanol–water partition coefficient (Wildman–Crippen LogP) is -1.02. The first-order valence-corrected chi connectivity index (χ1v) is 12.5. The van der Waals surface area contributed by atoms with Crippen LogP contribution in [0.15, 0.2) is 68.3 Å². The van der Waals surface area contributed by atoms with Crippen LogP contribution >= 0.6 is 0 Å². The van der Waals surface area contributed by atoms with Gasteiger partial charge < -0.3 is 19.7 Å². The van der Waals surface area contributed by atoms with Gasteiger partial charge in [-0.2, -0.15) is 0 Å². The average molecular weight is 485 g/mol. The third-order valence-electron chi connectivity index (χ3n) is 3.89. The molecule has 0 aromatic heterocycles. The van der Waals surface area contributed by atoms with E-state index in [9.17, 15) is 25.9 Å². The minimum absolute atomic E-state index is 0.178. The highest BCUT2D eigenvalue weighted by Gasteiger charge is 1.98. The average Bonchev–Trinajstić information content (AvgIpc) is 3.47. The summed E-state index contributed by atoms with van der Waals surface area (Å²) in [4.78, 5) is 7.45. The molecule has 12 heteroatoms. The molecule has 0 radical (unpaired) electrons. The Bertz CT molecular complexity index is 980. The fourth-order valence-electron chi connectivity index (χ4n) is 2.16. The summed E-state index contributed by atoms with van der Waals surface area (Å²) >= 11 is 0. The Morgan fingerprint density at radius 3 is 1.12 bits per heavy atom. The quantitative estimate of drug-likeness (QED) is 0.516. The lowest BCUT2D eigenvalue weighted by Gasteiger charge is -2.05. The van der Waals surface area contributed by atoms with Crippen molar-refractivity contribution in [2.24, 2.45) is 9.98 Å². The Kier molecular flexibility index (Phi) is 11.9. The van der Waals surface area contributed by atoms with Crippen molar-refractivity contribution in [3.05, 3.63) is 59.7 Å². The molecule has 0 bridgehead atoms. The van der Waals surface area contributed by atoms with E-state index in [1.807, 2.05) is 26.5 Å². The van der Waals surface area contributed by atoms with Gasteiger partial charge in [0.25, 0.3) is 0 Å². The lowest BCUT2D eigenvalue weighted by atomic mass is 10.2. The van der Waals surface area contributed by atoms with Crippen LogP contribution in [0.25, 0.3) is 0 Å². The summed E-state index contributed by atoms with van der Waals surface area (Å²) in [5.41, 5.74) is 1.86. The van der Waals surface area contributed by atoms with Gasteiger partial charge in [-0.1, -0.05) is 35.4 Å². The van der Waals surface area contributed by atoms with Gasteiger partial charge in [-0.25, -0.2) is 26.8 Å². The number of rotatable bonds is 2. The van der Waals surface area contributed by atoms with Crippen LogP contribution in [0.5, 0.6) is 0 Å². The topological polar surface area (TPSA) is 172 Å². The number of aryl methyl sites for hydroxylation is 2. The Morgan fingerprint density at radius 1 is 0.656 bits per heavy atom. The molecular formula is C20H28N4O6S2. The van der Waals surface area contributed by atoms with Crippen LogP contribution in [0.2, 0.25) is 0 Å². The van der Waals surface area contributed by atoms with Gasteiger partial charge in [0.15, 0.2) is 12.7 Å². The number of quaternary nitrogens is 2. The molecule has 0 aliphatic carbocycles. The first kappa shape index (κ1) is 27.6. The van der Waals surface area contributed by atoms with Crippen LogP contribution in [0.1, 0.15) is 11.1 Å². The van der Waals surface area contributed by atoms with E-state index < -0.39 is 20.2 Å². The lowest BCUT2D eigenvalue weighted by molar-refractivity contribution is -0.518. The van der Waals surface area contributed by atoms with Gasteiger partial charge in [0.2, 0.25) is 0 Å². The van der Waals surface area contributed by atoms with Crippen LogP contribution in [-0.4, -0.2) is 64.8 Å². The van der Waals surface area contributed by atoms with Crippen molar-refractivity contribution >= 4 is 32.9 Å². The summed E-state index contributed by atoms with van der Waals surface area (Å²) in [7, 11) is -8.54. The lowest BCUT2D eigenvalue weighted by Crippen LogP contribution is -2.80. The molecule has 2 aromatic carbocycles. The fraction of sp³-hybridized carbons (Fsp3) is 0.300. The first-order valence-electron chi connectivity index (χ1n) is 9.68. The molecule has 0 atom stereocenters. The van der Waals surface area contributed by atoms with Gasteiger partial charge in [0, 0.05) is 0 Å². The molecule has 0 spiro atoms. The zero-order valence-electron chi connectivity index (χ0n) is 17.9. The molecule has 2 heterocycles. The highest BCUT2D eigenvalue weighted by molar-refractivity contribution is 7.86. The van der Waals surface area contributed by atoms with Crippen LogP contribution in [-0.2, 0) is 20.2 Å². The van der Waals surface area contributed by atoms with Gasteiger partial charge in [-0.05, 0) is 38.1 Å². The predicted molar refractivity (Wildman–Crippen MR) is 119 cm³/mol. The van der Waals surface area contributed by atoms with E-state index in [4.69, 9.17) is 0 Å². The Labute approximate surface area is 189 Å². The van der Waals surface area contributed by atoms with Crippen LogP contribution in [0, 0.1) is 13.8 Å². The summed E-state index contributed by atoms with van der Waals surface area (Å²) < 4.78 is 62.3. The number of hydrogen-bond donors (Lipinski definition) is 2. The molecule has 0 saturated heterocycles. The van der Waals surface area contributed by atoms with E-state index in [1.54, 1.807) is 24.3 Å². The van der Waals surface area contributed by atoms with E-state index in [0.29, 0.717) is 0 Å². The van der Waals surface area contributed by atoms with Crippen molar-refractivity contribution < 1.29 is 36.6 Å². The Hall–Kier alpha value is -2.48. The second-order valence-electron chi connectivity index (χ2n) is 6.69. The fourth-order valence-corrected chi connectivity index (χ4v) is 3.09. The van der Waals surface area contributed by atoms with E-state index in [2.05, 4.69) is 20.6 Å². The number of nitrogens with zero attached hydrogens (tertiary/aromatic N) is 2. The summed E-state index contributed by atoms with van der Waals surface area (Å²) in [5, 5.41) is 4.14. The molecule has 2 aliphatic heterocycles. The minimum atomic E-state index is -4.27. The van der Waals surface area contributed by atoms with Gasteiger partial charge >= 0.3 is 0 Å². The zero-order chi connectivity index (χ0) is 24.0. The van der Waals surface area contributed by atoms with Crippen molar-refractivity contribution in [1.82, 2.24) is 0 Å². The van der Waals surface area contributed by atoms with Gasteiger partial charge in [-0.3, -0.25) is 0 Å². The third-order valence-corrected chi connectivity index (χ3v) is 5.59. The molecule has 0 saturated carbocycles. The normalized spacial score (nSPS) is 14.4. The second-order valence-corrected chi connectivity index (χ2v) is 9.45. The van der Waals surface area contributed by atoms with Gasteiger partial charge in [0.05, 0.1) is 22.9 Å². The molecule has 2 aromatic rings. The van der Waals surface area contributed by atoms with E-state index in [1.165, 1.54) is 24.3 Å². The number of nitrogens with two attached hydrogens (primary N) is 2. The van der Waals surface area contributed by atoms with E-state index in [0.717, 1.165) is 37.3 Å². The minimum Gasteiger partial charge on any atom is -0.744 e. The molecule has 0 fully saturated rings. The summed E-state index contributed by atoms with van der Waals surface area (Å²) in [6, 6.07) is 11.6. The maximum absolute atomic E-state index is 10.4. The molecular weight excluding hydrogens is 456 g/mol. The second kappa shape index (κ2) is 13.8. The van der Waals surface area contributed by atoms with E-state index >= 15 is 0 Å². The summed E-state index contributed by atoms with van der Waals surface area (Å²) in [6.07, 6.45) is 3.72. The number of benzene rings is 2. The largest absolute Gasteiger partial charge is 0.744 e. The smallest absolute Gasteiger partial charge is 0.182 e. The molecule has 0 unspecified atom stereocenters. The molecule has 0 amide bonds. The molecule has 32 heavy (non-hydrogen) atoms. The standard InChI is InChI=1S/2C7H8O3S.2C3H6N2/c2*1-6-2-4-7(5-3-6)11(8,9)10;2*1-2-5-3-4-1/h2*2-5H,1H3,(H,8,9,10);2*3H,1-2H2,(H,4,5). The maximum Gasteiger partial charge on any atom is 0.182 e. The Balaban J connectivity index is 0.000000227. The number of aliphatic imine (C=N–C) groups is 2. The van der Waals surface area contributed by atoms with Gasteiger partial charge in [-0.15, -0.1) is 0 Å². The maximum atomic E-state index is 10.4. The summed E-state index contributed by atoms with van der Waals surface area (Å²) in [6.45, 7) is 7.97. The van der Waals surface area contributed by atoms with Gasteiger partial charge in [0.1, 0.15) is 33.3 Å². The monoisotopic (exact) mass is 484 g/mol. The van der Waals surface area contributed by atoms with Crippen molar-refractivity contribution in [3.63, 3.8) is 0 Å². The summed E-state index contributed by atoms with van der Waals surface area (Å²) in [5.74, 6) is 0. The number of hydrogen-bond acceptors (Lipinski definition) is 8. The van der Waals surface area contributed by atoms with Crippen molar-refractivity contribution in [2.75, 3.05) is 26.2 Å². The van der Waals surface area contributed by atoms with Crippen molar-refractivity contribution in [3.8, 4) is 0 Å². The van der Waals surface area contributed by atoms with Crippen LogP contribution in [0.3, 0.4) is 0 Å². The van der Waals surface area contributed by atoms with E-state index in [-0.39, 0.29) is 9.79 Å². The molecule has 176 valence electrons. The molecule has 4 rings (SSSR count). The highest BCUT2D eigenvalue weighted by atomic mass is 32.2. The van der Waals surface area contributed by atoms with Crippen molar-refractivity contribution in [2.45, 2.75) is 23.6 Å². The van der Waals surface area contributed by atoms with Crippen molar-refractivity contribution in [1.29, 1.82) is 0 Å². The van der Waals surface area contributed by atoms with Crippen LogP contribution < -0.4 is 10.6 Å². The molecule has 2 aliphatic rings. The highest BCUT2D eigenvalue weighted by Crippen LogP contribution is 2.09. The zero-order valence-corrected chi connectivity index (χ0v) is 19.6. The molecule has 4 N–H and O–H groups in total.